The molecule has 2 rings (SSSR count). The molecule has 1 saturated heterocycles. The predicted molar refractivity (Wildman–Crippen MR) is 68.5 cm³/mol. The zero-order valence-corrected chi connectivity index (χ0v) is 10.2. The maximum atomic E-state index is 11.8. The molecule has 1 aromatic rings. The van der Waals surface area contributed by atoms with Gasteiger partial charge in [0.2, 0.25) is 5.96 Å². The number of anilines is 1. The van der Waals surface area contributed by atoms with Crippen molar-refractivity contribution < 1.29 is 4.79 Å². The minimum absolute atomic E-state index is 0.111. The van der Waals surface area contributed by atoms with Gasteiger partial charge in [0.25, 0.3) is 0 Å². The standard InChI is InChI=1S/C10H14N8O/c11-10(16-17-12)15-9(19)7-5-13-6-8(14-7)18-3-1-2-4-18/h5-6H,1-4H2,(H4,11,12,15,16,19). The predicted octanol–water partition coefficient (Wildman–Crippen LogP) is -0.142. The van der Waals surface area contributed by atoms with Crippen molar-refractivity contribution in [1.82, 2.24) is 9.97 Å². The summed E-state index contributed by atoms with van der Waals surface area (Å²) in [7, 11) is 0. The van der Waals surface area contributed by atoms with E-state index in [0.717, 1.165) is 25.9 Å². The average molecular weight is 262 g/mol. The van der Waals surface area contributed by atoms with Crippen molar-refractivity contribution in [2.45, 2.75) is 12.8 Å². The molecule has 1 aliphatic rings. The van der Waals surface area contributed by atoms with Gasteiger partial charge in [-0.3, -0.25) is 9.78 Å². The summed E-state index contributed by atoms with van der Waals surface area (Å²) in [4.78, 5) is 25.5. The van der Waals surface area contributed by atoms with Crippen molar-refractivity contribution in [2.24, 2.45) is 26.9 Å². The van der Waals surface area contributed by atoms with Gasteiger partial charge in [0, 0.05) is 13.1 Å². The first-order valence-electron chi connectivity index (χ1n) is 5.77. The molecule has 9 heteroatoms. The Labute approximate surface area is 109 Å². The molecule has 0 bridgehead atoms. The minimum atomic E-state index is -0.626. The van der Waals surface area contributed by atoms with E-state index in [0.29, 0.717) is 5.82 Å². The number of hydrogen-bond acceptors (Lipinski definition) is 5. The van der Waals surface area contributed by atoms with E-state index in [1.165, 1.54) is 6.20 Å². The van der Waals surface area contributed by atoms with Gasteiger partial charge >= 0.3 is 5.91 Å². The normalized spacial score (nSPS) is 16.2. The Hall–Kier alpha value is -2.58. The fourth-order valence-corrected chi connectivity index (χ4v) is 1.80. The van der Waals surface area contributed by atoms with Gasteiger partial charge in [-0.05, 0) is 12.8 Å². The maximum Gasteiger partial charge on any atom is 0.300 e. The third kappa shape index (κ3) is 3.21. The summed E-state index contributed by atoms with van der Waals surface area (Å²) in [5, 5.41) is 6.18. The first kappa shape index (κ1) is 12.9. The number of nitrogens with zero attached hydrogens (tertiary/aromatic N) is 6. The van der Waals surface area contributed by atoms with Gasteiger partial charge in [0.1, 0.15) is 5.82 Å². The van der Waals surface area contributed by atoms with Crippen LogP contribution in [0.5, 0.6) is 0 Å². The highest BCUT2D eigenvalue weighted by atomic mass is 16.1. The first-order valence-corrected chi connectivity index (χ1v) is 5.77. The van der Waals surface area contributed by atoms with Crippen molar-refractivity contribution in [3.05, 3.63) is 18.1 Å². The van der Waals surface area contributed by atoms with E-state index in [2.05, 4.69) is 30.2 Å². The molecule has 0 saturated carbocycles. The van der Waals surface area contributed by atoms with Gasteiger partial charge in [-0.2, -0.15) is 4.99 Å². The number of aliphatic imine (C=N–C) groups is 1. The highest BCUT2D eigenvalue weighted by Gasteiger charge is 2.16. The molecule has 1 aliphatic heterocycles. The van der Waals surface area contributed by atoms with Gasteiger partial charge in [-0.15, -0.1) is 0 Å². The average Bonchev–Trinajstić information content (AvgIpc) is 2.93. The molecule has 0 radical (unpaired) electrons. The summed E-state index contributed by atoms with van der Waals surface area (Å²) in [6.07, 6.45) is 5.18. The summed E-state index contributed by atoms with van der Waals surface area (Å²) in [5.41, 5.74) is 5.42. The lowest BCUT2D eigenvalue weighted by Gasteiger charge is -2.15. The summed E-state index contributed by atoms with van der Waals surface area (Å²) < 4.78 is 0. The van der Waals surface area contributed by atoms with Gasteiger partial charge in [0.05, 0.1) is 12.4 Å². The number of amides is 1. The number of rotatable bonds is 2. The highest BCUT2D eigenvalue weighted by Crippen LogP contribution is 2.16. The van der Waals surface area contributed by atoms with E-state index in [-0.39, 0.29) is 11.7 Å². The fourth-order valence-electron chi connectivity index (χ4n) is 1.80. The molecule has 1 amide bonds. The topological polar surface area (TPSA) is 135 Å². The smallest absolute Gasteiger partial charge is 0.300 e. The molecule has 100 valence electrons. The number of carbonyl (C=O) groups excluding carboxylic acids is 1. The quantitative estimate of drug-likeness (QED) is 0.250. The number of carbonyl (C=O) groups is 1. The Morgan fingerprint density at radius 1 is 1.32 bits per heavy atom. The Morgan fingerprint density at radius 3 is 2.74 bits per heavy atom. The van der Waals surface area contributed by atoms with Gasteiger partial charge in [-0.25, -0.2) is 4.98 Å². The fraction of sp³-hybridized carbons (Fsp3) is 0.400. The highest BCUT2D eigenvalue weighted by molar-refractivity contribution is 6.01. The van der Waals surface area contributed by atoms with E-state index in [4.69, 9.17) is 11.6 Å². The number of aromatic nitrogens is 2. The maximum absolute atomic E-state index is 11.8. The van der Waals surface area contributed by atoms with Crippen LogP contribution in [0.1, 0.15) is 23.3 Å². The zero-order chi connectivity index (χ0) is 13.7. The van der Waals surface area contributed by atoms with Crippen LogP contribution in [0.15, 0.2) is 27.7 Å². The molecule has 19 heavy (non-hydrogen) atoms. The lowest BCUT2D eigenvalue weighted by Crippen LogP contribution is -2.20. The Balaban J connectivity index is 2.18. The molecule has 1 fully saturated rings. The van der Waals surface area contributed by atoms with Crippen LogP contribution in [0.3, 0.4) is 0 Å². The molecule has 0 atom stereocenters. The molecule has 0 aromatic carbocycles. The zero-order valence-electron chi connectivity index (χ0n) is 10.2. The largest absolute Gasteiger partial charge is 0.366 e. The monoisotopic (exact) mass is 262 g/mol. The summed E-state index contributed by atoms with van der Waals surface area (Å²) in [6, 6.07) is 0. The van der Waals surface area contributed by atoms with Crippen molar-refractivity contribution in [1.29, 1.82) is 0 Å². The van der Waals surface area contributed by atoms with Crippen molar-refractivity contribution in [3.63, 3.8) is 0 Å². The van der Waals surface area contributed by atoms with Crippen LogP contribution < -0.4 is 16.5 Å². The van der Waals surface area contributed by atoms with Crippen molar-refractivity contribution in [3.8, 4) is 0 Å². The van der Waals surface area contributed by atoms with Crippen LogP contribution in [0.25, 0.3) is 0 Å². The SMILES string of the molecule is N/N=N\C(N)=NC(=O)c1cncc(N2CCCC2)n1. The number of hydrogen-bond donors (Lipinski definition) is 2. The molecular weight excluding hydrogens is 248 g/mol. The van der Waals surface area contributed by atoms with Crippen LogP contribution in [0.4, 0.5) is 5.82 Å². The summed E-state index contributed by atoms with van der Waals surface area (Å²) in [6.45, 7) is 1.83. The minimum Gasteiger partial charge on any atom is -0.366 e. The van der Waals surface area contributed by atoms with Crippen LogP contribution in [-0.2, 0) is 0 Å². The van der Waals surface area contributed by atoms with Crippen molar-refractivity contribution >= 4 is 17.7 Å². The molecule has 9 nitrogen and oxygen atoms in total. The second-order valence-electron chi connectivity index (χ2n) is 3.95. The van der Waals surface area contributed by atoms with Gasteiger partial charge in [-0.1, -0.05) is 10.3 Å². The Morgan fingerprint density at radius 2 is 2.05 bits per heavy atom. The third-order valence-electron chi connectivity index (χ3n) is 2.65. The van der Waals surface area contributed by atoms with E-state index < -0.39 is 5.91 Å². The Kier molecular flexibility index (Phi) is 3.96. The first-order chi connectivity index (χ1) is 9.20. The van der Waals surface area contributed by atoms with E-state index >= 15 is 0 Å². The third-order valence-corrected chi connectivity index (χ3v) is 2.65. The van der Waals surface area contributed by atoms with E-state index in [9.17, 15) is 4.79 Å². The second kappa shape index (κ2) is 5.85. The van der Waals surface area contributed by atoms with Gasteiger partial charge < -0.3 is 16.5 Å². The van der Waals surface area contributed by atoms with Crippen LogP contribution in [-0.4, -0.2) is 34.9 Å². The lowest BCUT2D eigenvalue weighted by molar-refractivity contribution is 0.0997. The lowest BCUT2D eigenvalue weighted by atomic mass is 10.4. The van der Waals surface area contributed by atoms with Crippen LogP contribution >= 0.6 is 0 Å². The molecule has 1 aromatic heterocycles. The Bertz CT molecular complexity index is 520. The molecule has 0 aliphatic carbocycles. The van der Waals surface area contributed by atoms with Crippen molar-refractivity contribution in [2.75, 3.05) is 18.0 Å². The van der Waals surface area contributed by atoms with Gasteiger partial charge in [0.15, 0.2) is 5.69 Å². The van der Waals surface area contributed by atoms with E-state index in [1.807, 2.05) is 0 Å². The number of guanidine groups is 1. The molecule has 0 unspecified atom stereocenters. The number of nitrogens with two attached hydrogens (primary N) is 2. The van der Waals surface area contributed by atoms with E-state index in [1.54, 1.807) is 6.20 Å². The summed E-state index contributed by atoms with van der Waals surface area (Å²) in [5.74, 6) is 4.52. The molecule has 0 spiro atoms. The summed E-state index contributed by atoms with van der Waals surface area (Å²) >= 11 is 0. The van der Waals surface area contributed by atoms with Crippen LogP contribution in [0, 0.1) is 0 Å². The molecule has 4 N–H and O–H groups in total. The second-order valence-corrected chi connectivity index (χ2v) is 3.95. The molecular formula is C10H14N8O. The molecule has 2 heterocycles. The van der Waals surface area contributed by atoms with Crippen LogP contribution in [0.2, 0.25) is 0 Å².